The van der Waals surface area contributed by atoms with Gasteiger partial charge in [0.05, 0.1) is 0 Å². The zero-order valence-corrected chi connectivity index (χ0v) is 17.2. The van der Waals surface area contributed by atoms with E-state index in [1.807, 2.05) is 18.3 Å². The van der Waals surface area contributed by atoms with Crippen LogP contribution in [0.2, 0.25) is 0 Å². The van der Waals surface area contributed by atoms with Crippen molar-refractivity contribution in [1.29, 1.82) is 0 Å². The molecule has 1 saturated heterocycles. The van der Waals surface area contributed by atoms with Crippen LogP contribution in [0.15, 0.2) is 71.5 Å². The Kier molecular flexibility index (Phi) is 4.99. The summed E-state index contributed by atoms with van der Waals surface area (Å²) in [7, 11) is 2.18. The number of nitrogens with zero attached hydrogens (tertiary/aromatic N) is 3. The summed E-state index contributed by atoms with van der Waals surface area (Å²) in [5, 5.41) is 0. The van der Waals surface area contributed by atoms with Crippen molar-refractivity contribution in [2.24, 2.45) is 5.73 Å². The van der Waals surface area contributed by atoms with Crippen LogP contribution in [-0.2, 0) is 6.54 Å². The largest absolute Gasteiger partial charge is 0.462 e. The van der Waals surface area contributed by atoms with E-state index < -0.39 is 0 Å². The van der Waals surface area contributed by atoms with Gasteiger partial charge in [-0.2, -0.15) is 0 Å². The molecule has 0 radical (unpaired) electrons. The van der Waals surface area contributed by atoms with Gasteiger partial charge in [0.2, 0.25) is 0 Å². The van der Waals surface area contributed by atoms with E-state index in [9.17, 15) is 0 Å². The molecular formula is C25H26N4O. The van der Waals surface area contributed by atoms with E-state index >= 15 is 0 Å². The van der Waals surface area contributed by atoms with Gasteiger partial charge in [-0.05, 0) is 48.0 Å². The molecule has 5 nitrogen and oxygen atoms in total. The molecule has 30 heavy (non-hydrogen) atoms. The first kappa shape index (κ1) is 18.9. The number of furan rings is 1. The maximum atomic E-state index is 5.86. The summed E-state index contributed by atoms with van der Waals surface area (Å²) >= 11 is 0. The highest BCUT2D eigenvalue weighted by Crippen LogP contribution is 2.32. The molecule has 0 unspecified atom stereocenters. The summed E-state index contributed by atoms with van der Waals surface area (Å²) in [6.45, 7) is 4.88. The van der Waals surface area contributed by atoms with Gasteiger partial charge in [0.1, 0.15) is 11.8 Å². The Bertz CT molecular complexity index is 1160. The van der Waals surface area contributed by atoms with E-state index in [0.29, 0.717) is 6.54 Å². The first-order valence-corrected chi connectivity index (χ1v) is 10.4. The number of pyridine rings is 1. The fraction of sp³-hybridized carbons (Fsp3) is 0.240. The standard InChI is InChI=1S/C25H26N4O/c1-28-9-11-29(12-10-28)22-7-5-19(6-8-22)21-14-24-25(27-16-21)23(17-30-24)20-4-2-3-18(13-20)15-26/h2-8,13-14,16-17H,9-12,15,26H2,1H3. The smallest absolute Gasteiger partial charge is 0.153 e. The van der Waals surface area contributed by atoms with E-state index in [-0.39, 0.29) is 0 Å². The molecule has 2 aromatic heterocycles. The molecule has 152 valence electrons. The number of hydrogen-bond donors (Lipinski definition) is 1. The van der Waals surface area contributed by atoms with Crippen molar-refractivity contribution in [3.8, 4) is 22.3 Å². The van der Waals surface area contributed by atoms with Crippen LogP contribution in [0.3, 0.4) is 0 Å². The maximum absolute atomic E-state index is 5.86. The number of likely N-dealkylation sites (N-methyl/N-ethyl adjacent to an activating group) is 1. The van der Waals surface area contributed by atoms with Gasteiger partial charge in [-0.15, -0.1) is 0 Å². The van der Waals surface area contributed by atoms with Crippen molar-refractivity contribution < 1.29 is 4.42 Å². The molecule has 0 bridgehead atoms. The second-order valence-electron chi connectivity index (χ2n) is 7.96. The number of piperazine rings is 1. The molecule has 5 heteroatoms. The number of nitrogens with two attached hydrogens (primary N) is 1. The third-order valence-electron chi connectivity index (χ3n) is 5.95. The van der Waals surface area contributed by atoms with Crippen LogP contribution in [0, 0.1) is 0 Å². The summed E-state index contributed by atoms with van der Waals surface area (Å²) in [5.74, 6) is 0. The normalized spacial score (nSPS) is 15.1. The Balaban J connectivity index is 1.41. The van der Waals surface area contributed by atoms with Gasteiger partial charge in [0.25, 0.3) is 0 Å². The molecule has 0 spiro atoms. The quantitative estimate of drug-likeness (QED) is 0.553. The Morgan fingerprint density at radius 2 is 1.73 bits per heavy atom. The van der Waals surface area contributed by atoms with Gasteiger partial charge in [-0.1, -0.05) is 30.3 Å². The molecule has 4 aromatic rings. The second kappa shape index (κ2) is 7.94. The fourth-order valence-corrected chi connectivity index (χ4v) is 4.07. The predicted molar refractivity (Wildman–Crippen MR) is 122 cm³/mol. The van der Waals surface area contributed by atoms with Crippen LogP contribution in [-0.4, -0.2) is 43.1 Å². The minimum atomic E-state index is 0.519. The first-order valence-electron chi connectivity index (χ1n) is 10.4. The molecule has 2 aromatic carbocycles. The van der Waals surface area contributed by atoms with Gasteiger partial charge in [0, 0.05) is 55.7 Å². The Labute approximate surface area is 176 Å². The predicted octanol–water partition coefficient (Wildman–Crippen LogP) is 4.37. The highest BCUT2D eigenvalue weighted by Gasteiger charge is 2.15. The molecule has 0 aliphatic carbocycles. The van der Waals surface area contributed by atoms with Gasteiger partial charge in [0.15, 0.2) is 5.58 Å². The van der Waals surface area contributed by atoms with E-state index in [0.717, 1.165) is 65.1 Å². The van der Waals surface area contributed by atoms with Crippen LogP contribution in [0.4, 0.5) is 5.69 Å². The number of anilines is 1. The molecule has 1 fully saturated rings. The number of rotatable bonds is 4. The second-order valence-corrected chi connectivity index (χ2v) is 7.96. The van der Waals surface area contributed by atoms with Crippen LogP contribution >= 0.6 is 0 Å². The van der Waals surface area contributed by atoms with E-state index in [2.05, 4.69) is 59.3 Å². The zero-order chi connectivity index (χ0) is 20.5. The number of hydrogen-bond acceptors (Lipinski definition) is 5. The third kappa shape index (κ3) is 3.58. The summed E-state index contributed by atoms with van der Waals surface area (Å²) in [6, 6.07) is 19.0. The molecule has 2 N–H and O–H groups in total. The van der Waals surface area contributed by atoms with Crippen molar-refractivity contribution in [3.63, 3.8) is 0 Å². The Morgan fingerprint density at radius 1 is 0.933 bits per heavy atom. The number of benzene rings is 2. The van der Waals surface area contributed by atoms with E-state index in [4.69, 9.17) is 15.1 Å². The van der Waals surface area contributed by atoms with Crippen LogP contribution in [0.5, 0.6) is 0 Å². The average Bonchev–Trinajstić information content (AvgIpc) is 3.23. The molecule has 0 amide bonds. The van der Waals surface area contributed by atoms with Crippen LogP contribution in [0.25, 0.3) is 33.4 Å². The lowest BCUT2D eigenvalue weighted by molar-refractivity contribution is 0.313. The van der Waals surface area contributed by atoms with Gasteiger partial charge >= 0.3 is 0 Å². The summed E-state index contributed by atoms with van der Waals surface area (Å²) in [5.41, 5.74) is 14.1. The summed E-state index contributed by atoms with van der Waals surface area (Å²) in [6.07, 6.45) is 3.71. The first-order chi connectivity index (χ1) is 14.7. The molecular weight excluding hydrogens is 372 g/mol. The summed E-state index contributed by atoms with van der Waals surface area (Å²) in [4.78, 5) is 9.54. The lowest BCUT2D eigenvalue weighted by Gasteiger charge is -2.34. The van der Waals surface area contributed by atoms with Crippen molar-refractivity contribution in [2.75, 3.05) is 38.1 Å². The van der Waals surface area contributed by atoms with E-state index in [1.165, 1.54) is 5.69 Å². The van der Waals surface area contributed by atoms with Gasteiger partial charge in [-0.3, -0.25) is 4.98 Å². The topological polar surface area (TPSA) is 58.5 Å². The Hall–Kier alpha value is -3.15. The van der Waals surface area contributed by atoms with Gasteiger partial charge < -0.3 is 20.0 Å². The maximum Gasteiger partial charge on any atom is 0.153 e. The lowest BCUT2D eigenvalue weighted by Crippen LogP contribution is -2.44. The minimum absolute atomic E-state index is 0.519. The Morgan fingerprint density at radius 3 is 2.50 bits per heavy atom. The van der Waals surface area contributed by atoms with Crippen molar-refractivity contribution >= 4 is 16.8 Å². The molecule has 0 atom stereocenters. The van der Waals surface area contributed by atoms with Crippen LogP contribution in [0.1, 0.15) is 5.56 Å². The SMILES string of the molecule is CN1CCN(c2ccc(-c3cnc4c(-c5cccc(CN)c5)coc4c3)cc2)CC1. The number of fused-ring (bicyclic) bond motifs is 1. The van der Waals surface area contributed by atoms with E-state index in [1.54, 1.807) is 6.26 Å². The molecule has 0 saturated carbocycles. The van der Waals surface area contributed by atoms with Crippen molar-refractivity contribution in [3.05, 3.63) is 72.6 Å². The average molecular weight is 399 g/mol. The van der Waals surface area contributed by atoms with Gasteiger partial charge in [-0.25, -0.2) is 0 Å². The highest BCUT2D eigenvalue weighted by molar-refractivity contribution is 5.92. The van der Waals surface area contributed by atoms with Crippen LogP contribution < -0.4 is 10.6 Å². The minimum Gasteiger partial charge on any atom is -0.462 e. The lowest BCUT2D eigenvalue weighted by atomic mass is 10.0. The zero-order valence-electron chi connectivity index (χ0n) is 17.2. The third-order valence-corrected chi connectivity index (χ3v) is 5.95. The van der Waals surface area contributed by atoms with Crippen molar-refractivity contribution in [2.45, 2.75) is 6.54 Å². The molecule has 1 aliphatic rings. The fourth-order valence-electron chi connectivity index (χ4n) is 4.07. The molecule has 3 heterocycles. The van der Waals surface area contributed by atoms with Crippen molar-refractivity contribution in [1.82, 2.24) is 9.88 Å². The highest BCUT2D eigenvalue weighted by atomic mass is 16.3. The molecule has 1 aliphatic heterocycles. The molecule has 5 rings (SSSR count). The monoisotopic (exact) mass is 398 g/mol. The number of aromatic nitrogens is 1. The summed E-state index contributed by atoms with van der Waals surface area (Å²) < 4.78 is 5.86.